The van der Waals surface area contributed by atoms with Crippen LogP contribution in [0.4, 0.5) is 0 Å². The number of aliphatic hydroxyl groups is 2. The summed E-state index contributed by atoms with van der Waals surface area (Å²) in [6.07, 6.45) is -2.70. The minimum Gasteiger partial charge on any atom is -0.496 e. The quantitative estimate of drug-likeness (QED) is 0.306. The van der Waals surface area contributed by atoms with E-state index in [4.69, 9.17) is 19.3 Å². The lowest BCUT2D eigenvalue weighted by Crippen LogP contribution is -2.43. The molecule has 1 saturated heterocycles. The molecule has 0 saturated carbocycles. The highest BCUT2D eigenvalue weighted by molar-refractivity contribution is 7.39. The highest BCUT2D eigenvalue weighted by atomic mass is 31.2. The van der Waals surface area contributed by atoms with E-state index in [0.29, 0.717) is 11.4 Å². The first kappa shape index (κ1) is 25.1. The van der Waals surface area contributed by atoms with Gasteiger partial charge in [-0.15, -0.1) is 0 Å². The number of aromatic nitrogens is 3. The Morgan fingerprint density at radius 3 is 2.63 bits per heavy atom. The summed E-state index contributed by atoms with van der Waals surface area (Å²) in [7, 11) is -1.12. The number of hydrogen-bond donors (Lipinski definition) is 4. The van der Waals surface area contributed by atoms with Crippen molar-refractivity contribution in [2.45, 2.75) is 31.1 Å². The molecule has 3 aromatic rings. The van der Waals surface area contributed by atoms with Gasteiger partial charge >= 0.3 is 14.3 Å². The van der Waals surface area contributed by atoms with Crippen LogP contribution in [0.25, 0.3) is 11.1 Å². The van der Waals surface area contributed by atoms with Crippen LogP contribution in [0.15, 0.2) is 64.4 Å². The molecule has 35 heavy (non-hydrogen) atoms. The molecule has 1 fully saturated rings. The van der Waals surface area contributed by atoms with Gasteiger partial charge in [0.1, 0.15) is 24.1 Å². The Labute approximate surface area is 200 Å². The van der Waals surface area contributed by atoms with Gasteiger partial charge in [-0.3, -0.25) is 18.9 Å². The summed E-state index contributed by atoms with van der Waals surface area (Å²) in [5, 5.41) is 20.6. The Balaban J connectivity index is 1.62. The SMILES string of the molecule is COc1ccccc1-c1ccnc(Cn2c(=O)ccn(C3OC(COP(O)O)C(O)C3O)c2=O)c1. The zero-order chi connectivity index (χ0) is 25.1. The summed E-state index contributed by atoms with van der Waals surface area (Å²) < 4.78 is 17.5. The Hall–Kier alpha value is -2.96. The van der Waals surface area contributed by atoms with Crippen LogP contribution in [-0.4, -0.2) is 66.1 Å². The molecule has 3 heterocycles. The molecule has 186 valence electrons. The van der Waals surface area contributed by atoms with E-state index in [1.165, 1.54) is 0 Å². The molecule has 1 aliphatic heterocycles. The topological polar surface area (TPSA) is 166 Å². The average Bonchev–Trinajstić information content (AvgIpc) is 3.14. The summed E-state index contributed by atoms with van der Waals surface area (Å²) >= 11 is 0. The predicted molar refractivity (Wildman–Crippen MR) is 124 cm³/mol. The lowest BCUT2D eigenvalue weighted by atomic mass is 10.0. The third-order valence-corrected chi connectivity index (χ3v) is 6.00. The van der Waals surface area contributed by atoms with Crippen LogP contribution in [-0.2, 0) is 15.8 Å². The van der Waals surface area contributed by atoms with E-state index in [2.05, 4.69) is 9.51 Å². The third-order valence-electron chi connectivity index (χ3n) is 5.62. The first-order chi connectivity index (χ1) is 16.8. The summed E-state index contributed by atoms with van der Waals surface area (Å²) in [5.74, 6) is 0.656. The lowest BCUT2D eigenvalue weighted by Gasteiger charge is -2.19. The van der Waals surface area contributed by atoms with Crippen LogP contribution in [0.3, 0.4) is 0 Å². The van der Waals surface area contributed by atoms with Gasteiger partial charge in [-0.25, -0.2) is 4.79 Å². The Morgan fingerprint density at radius 2 is 1.89 bits per heavy atom. The number of para-hydroxylation sites is 1. The van der Waals surface area contributed by atoms with Gasteiger partial charge < -0.3 is 34.0 Å². The molecule has 0 amide bonds. The molecule has 0 radical (unpaired) electrons. The highest BCUT2D eigenvalue weighted by Gasteiger charge is 2.44. The fraction of sp³-hybridized carbons (Fsp3) is 0.318. The monoisotopic (exact) mass is 505 g/mol. The van der Waals surface area contributed by atoms with Crippen molar-refractivity contribution in [3.8, 4) is 16.9 Å². The standard InChI is InChI=1S/C22H24N3O9P/c1-32-16-5-3-2-4-15(16)13-6-8-23-14(10-13)11-25-18(26)7-9-24(22(25)29)21-20(28)19(27)17(34-21)12-33-35(30)31/h2-10,17,19-21,27-28,30-31H,11-12H2,1H3. The van der Waals surface area contributed by atoms with Crippen molar-refractivity contribution in [3.63, 3.8) is 0 Å². The normalized spacial score (nSPS) is 22.0. The maximum Gasteiger partial charge on any atom is 0.333 e. The summed E-state index contributed by atoms with van der Waals surface area (Å²) in [5.41, 5.74) is 0.658. The maximum atomic E-state index is 13.2. The maximum absolute atomic E-state index is 13.2. The van der Waals surface area contributed by atoms with Crippen molar-refractivity contribution in [2.75, 3.05) is 13.7 Å². The minimum atomic E-state index is -2.69. The van der Waals surface area contributed by atoms with Crippen LogP contribution in [0, 0.1) is 0 Å². The second-order valence-corrected chi connectivity index (χ2v) is 8.52. The van der Waals surface area contributed by atoms with E-state index >= 15 is 0 Å². The number of aliphatic hydroxyl groups excluding tert-OH is 2. The molecule has 4 unspecified atom stereocenters. The summed E-state index contributed by atoms with van der Waals surface area (Å²) in [6.45, 7) is -0.569. The van der Waals surface area contributed by atoms with Crippen molar-refractivity contribution in [2.24, 2.45) is 0 Å². The first-order valence-corrected chi connectivity index (χ1v) is 11.7. The van der Waals surface area contributed by atoms with Crippen LogP contribution >= 0.6 is 8.60 Å². The molecule has 0 aliphatic carbocycles. The number of benzene rings is 1. The van der Waals surface area contributed by atoms with Gasteiger partial charge in [0.15, 0.2) is 6.23 Å². The fourth-order valence-corrected chi connectivity index (χ4v) is 4.17. The van der Waals surface area contributed by atoms with E-state index < -0.39 is 51.0 Å². The second-order valence-electron chi connectivity index (χ2n) is 7.76. The second kappa shape index (κ2) is 10.8. The van der Waals surface area contributed by atoms with Gasteiger partial charge in [-0.2, -0.15) is 0 Å². The smallest absolute Gasteiger partial charge is 0.333 e. The molecule has 4 N–H and O–H groups in total. The number of hydrogen-bond acceptors (Lipinski definition) is 10. The van der Waals surface area contributed by atoms with Gasteiger partial charge in [0.2, 0.25) is 0 Å². The molecule has 13 heteroatoms. The zero-order valence-electron chi connectivity index (χ0n) is 18.5. The molecule has 0 bridgehead atoms. The minimum absolute atomic E-state index is 0.154. The van der Waals surface area contributed by atoms with Crippen molar-refractivity contribution in [1.29, 1.82) is 0 Å². The van der Waals surface area contributed by atoms with E-state index in [1.807, 2.05) is 24.3 Å². The van der Waals surface area contributed by atoms with E-state index in [1.54, 1.807) is 25.4 Å². The molecular weight excluding hydrogens is 481 g/mol. The molecule has 2 aromatic heterocycles. The zero-order valence-corrected chi connectivity index (χ0v) is 19.4. The molecule has 4 rings (SSSR count). The van der Waals surface area contributed by atoms with E-state index in [-0.39, 0.29) is 6.54 Å². The molecule has 0 spiro atoms. The molecular formula is C22H24N3O9P. The van der Waals surface area contributed by atoms with Crippen LogP contribution in [0.1, 0.15) is 11.9 Å². The van der Waals surface area contributed by atoms with E-state index in [0.717, 1.165) is 32.5 Å². The van der Waals surface area contributed by atoms with Crippen molar-refractivity contribution in [3.05, 3.63) is 81.4 Å². The molecule has 12 nitrogen and oxygen atoms in total. The van der Waals surface area contributed by atoms with Crippen molar-refractivity contribution < 1.29 is 34.0 Å². The Bertz CT molecular complexity index is 1300. The molecule has 1 aromatic carbocycles. The van der Waals surface area contributed by atoms with Gasteiger partial charge in [0.05, 0.1) is 26.0 Å². The number of pyridine rings is 1. The Morgan fingerprint density at radius 1 is 1.11 bits per heavy atom. The lowest BCUT2D eigenvalue weighted by molar-refractivity contribution is -0.0531. The highest BCUT2D eigenvalue weighted by Crippen LogP contribution is 2.32. The third kappa shape index (κ3) is 5.34. The fourth-order valence-electron chi connectivity index (χ4n) is 3.88. The van der Waals surface area contributed by atoms with Gasteiger partial charge in [-0.05, 0) is 23.8 Å². The molecule has 1 aliphatic rings. The first-order valence-electron chi connectivity index (χ1n) is 10.5. The van der Waals surface area contributed by atoms with Crippen LogP contribution < -0.4 is 16.0 Å². The van der Waals surface area contributed by atoms with Gasteiger partial charge in [0, 0.05) is 24.0 Å². The van der Waals surface area contributed by atoms with Crippen LogP contribution in [0.2, 0.25) is 0 Å². The van der Waals surface area contributed by atoms with E-state index in [9.17, 15) is 19.8 Å². The molecule has 4 atom stereocenters. The number of rotatable bonds is 8. The summed E-state index contributed by atoms with van der Waals surface area (Å²) in [6, 6.07) is 12.1. The Kier molecular flexibility index (Phi) is 7.72. The largest absolute Gasteiger partial charge is 0.496 e. The van der Waals surface area contributed by atoms with Crippen molar-refractivity contribution >= 4 is 8.60 Å². The van der Waals surface area contributed by atoms with Crippen LogP contribution in [0.5, 0.6) is 5.75 Å². The number of nitrogens with zero attached hydrogens (tertiary/aromatic N) is 3. The number of ether oxygens (including phenoxy) is 2. The number of methoxy groups -OCH3 is 1. The van der Waals surface area contributed by atoms with Gasteiger partial charge in [-0.1, -0.05) is 18.2 Å². The average molecular weight is 505 g/mol. The van der Waals surface area contributed by atoms with Crippen molar-refractivity contribution in [1.82, 2.24) is 14.1 Å². The predicted octanol–water partition coefficient (Wildman–Crippen LogP) is -0.0238. The van der Waals surface area contributed by atoms with Gasteiger partial charge in [0.25, 0.3) is 5.56 Å². The summed E-state index contributed by atoms with van der Waals surface area (Å²) in [4.78, 5) is 47.8.